The van der Waals surface area contributed by atoms with E-state index in [0.29, 0.717) is 24.4 Å². The number of amides is 1. The lowest BCUT2D eigenvalue weighted by Crippen LogP contribution is -2.27. The highest BCUT2D eigenvalue weighted by Gasteiger charge is 2.09. The number of ketones is 1. The molecule has 0 aliphatic heterocycles. The molecule has 1 rings (SSSR count). The van der Waals surface area contributed by atoms with Gasteiger partial charge in [0, 0.05) is 25.4 Å². The molecular weight excluding hydrogens is 196 g/mol. The maximum atomic E-state index is 11.4. The highest BCUT2D eigenvalue weighted by Crippen LogP contribution is 2.03. The van der Waals surface area contributed by atoms with E-state index in [1.165, 1.54) is 19.2 Å². The molecule has 0 radical (unpaired) electrons. The van der Waals surface area contributed by atoms with Crippen LogP contribution in [0.4, 0.5) is 0 Å². The monoisotopic (exact) mass is 210 g/mol. The Morgan fingerprint density at radius 3 is 2.80 bits per heavy atom. The summed E-state index contributed by atoms with van der Waals surface area (Å²) in [7, 11) is 1.56. The van der Waals surface area contributed by atoms with Crippen LogP contribution in [0.25, 0.3) is 0 Å². The van der Waals surface area contributed by atoms with Gasteiger partial charge in [-0.25, -0.2) is 0 Å². The van der Waals surface area contributed by atoms with Crippen molar-refractivity contribution >= 4 is 11.7 Å². The number of rotatable bonds is 5. The van der Waals surface area contributed by atoms with Crippen LogP contribution in [0, 0.1) is 0 Å². The first-order valence-corrected chi connectivity index (χ1v) is 4.61. The summed E-state index contributed by atoms with van der Waals surface area (Å²) in [5.74, 6) is -0.304. The topological polar surface area (TPSA) is 71.2 Å². The van der Waals surface area contributed by atoms with Gasteiger partial charge >= 0.3 is 0 Å². The Hall–Kier alpha value is -1.62. The Kier molecular flexibility index (Phi) is 4.05. The predicted molar refractivity (Wildman–Crippen MR) is 55.0 cm³/mol. The van der Waals surface area contributed by atoms with Gasteiger partial charge in [-0.3, -0.25) is 9.59 Å². The van der Waals surface area contributed by atoms with E-state index in [2.05, 4.69) is 10.3 Å². The predicted octanol–water partition coefficient (Wildman–Crippen LogP) is 0.594. The average Bonchev–Trinajstić information content (AvgIpc) is 2.66. The molecule has 0 unspecified atom stereocenters. The van der Waals surface area contributed by atoms with Gasteiger partial charge in [-0.05, 0) is 13.0 Å². The molecule has 15 heavy (non-hydrogen) atoms. The lowest BCUT2D eigenvalue weighted by Gasteiger charge is -2.01. The summed E-state index contributed by atoms with van der Waals surface area (Å²) in [4.78, 5) is 25.2. The molecule has 0 aliphatic carbocycles. The molecule has 0 saturated heterocycles. The standard InChI is InChI=1S/C10H14N2O3/c1-7(13)8-5-9(12-6-8)10(14)11-3-4-15-2/h5-6,12H,3-4H2,1-2H3,(H,11,14). The smallest absolute Gasteiger partial charge is 0.267 e. The second-order valence-corrected chi connectivity index (χ2v) is 3.11. The zero-order chi connectivity index (χ0) is 11.3. The number of aromatic nitrogens is 1. The maximum absolute atomic E-state index is 11.4. The van der Waals surface area contributed by atoms with Crippen molar-refractivity contribution in [1.82, 2.24) is 10.3 Å². The van der Waals surface area contributed by atoms with Crippen LogP contribution in [0.5, 0.6) is 0 Å². The third-order valence-corrected chi connectivity index (χ3v) is 1.93. The van der Waals surface area contributed by atoms with E-state index < -0.39 is 0 Å². The summed E-state index contributed by atoms with van der Waals surface area (Å²) in [5.41, 5.74) is 0.892. The van der Waals surface area contributed by atoms with Crippen LogP contribution in [0.2, 0.25) is 0 Å². The number of carbonyl (C=O) groups is 2. The third-order valence-electron chi connectivity index (χ3n) is 1.93. The number of Topliss-reactive ketones (excluding diaryl/α,β-unsaturated/α-hetero) is 1. The Labute approximate surface area is 87.8 Å². The van der Waals surface area contributed by atoms with Crippen molar-refractivity contribution < 1.29 is 14.3 Å². The minimum atomic E-state index is -0.237. The molecule has 0 aromatic carbocycles. The molecular formula is C10H14N2O3. The van der Waals surface area contributed by atoms with E-state index in [1.807, 2.05) is 0 Å². The second-order valence-electron chi connectivity index (χ2n) is 3.11. The fourth-order valence-electron chi connectivity index (χ4n) is 1.09. The molecule has 1 aromatic heterocycles. The first-order chi connectivity index (χ1) is 7.15. The fraction of sp³-hybridized carbons (Fsp3) is 0.400. The van der Waals surface area contributed by atoms with Crippen LogP contribution >= 0.6 is 0 Å². The molecule has 5 nitrogen and oxygen atoms in total. The van der Waals surface area contributed by atoms with Gasteiger partial charge < -0.3 is 15.0 Å². The summed E-state index contributed by atoms with van der Waals surface area (Å²) >= 11 is 0. The highest BCUT2D eigenvalue weighted by molar-refractivity contribution is 5.99. The van der Waals surface area contributed by atoms with Crippen LogP contribution in [-0.2, 0) is 4.74 Å². The minimum absolute atomic E-state index is 0.0674. The summed E-state index contributed by atoms with van der Waals surface area (Å²) in [6.45, 7) is 2.37. The van der Waals surface area contributed by atoms with E-state index in [9.17, 15) is 9.59 Å². The molecule has 2 N–H and O–H groups in total. The number of ether oxygens (including phenoxy) is 1. The number of H-pyrrole nitrogens is 1. The maximum Gasteiger partial charge on any atom is 0.267 e. The van der Waals surface area contributed by atoms with Crippen LogP contribution < -0.4 is 5.32 Å². The number of carbonyl (C=O) groups excluding carboxylic acids is 2. The van der Waals surface area contributed by atoms with Crippen molar-refractivity contribution in [1.29, 1.82) is 0 Å². The first kappa shape index (κ1) is 11.5. The number of nitrogens with one attached hydrogen (secondary N) is 2. The van der Waals surface area contributed by atoms with Gasteiger partial charge in [0.1, 0.15) is 5.69 Å². The van der Waals surface area contributed by atoms with Crippen molar-refractivity contribution in [2.45, 2.75) is 6.92 Å². The lowest BCUT2D eigenvalue weighted by atomic mass is 10.2. The molecule has 0 saturated carbocycles. The molecule has 1 heterocycles. The fourth-order valence-corrected chi connectivity index (χ4v) is 1.09. The summed E-state index contributed by atoms with van der Waals surface area (Å²) in [6, 6.07) is 1.53. The molecule has 82 valence electrons. The normalized spacial score (nSPS) is 10.0. The van der Waals surface area contributed by atoms with Crippen molar-refractivity contribution in [2.24, 2.45) is 0 Å². The van der Waals surface area contributed by atoms with E-state index in [4.69, 9.17) is 4.74 Å². The number of hydrogen-bond donors (Lipinski definition) is 2. The summed E-state index contributed by atoms with van der Waals surface area (Å²) in [5, 5.41) is 2.65. The Morgan fingerprint density at radius 1 is 1.53 bits per heavy atom. The van der Waals surface area contributed by atoms with Crippen LogP contribution in [0.1, 0.15) is 27.8 Å². The van der Waals surface area contributed by atoms with Gasteiger partial charge in [-0.2, -0.15) is 0 Å². The van der Waals surface area contributed by atoms with Crippen LogP contribution in [0.15, 0.2) is 12.3 Å². The van der Waals surface area contributed by atoms with Crippen molar-refractivity contribution in [2.75, 3.05) is 20.3 Å². The van der Waals surface area contributed by atoms with E-state index in [1.54, 1.807) is 7.11 Å². The molecule has 1 aromatic rings. The quantitative estimate of drug-likeness (QED) is 0.552. The van der Waals surface area contributed by atoms with E-state index in [-0.39, 0.29) is 11.7 Å². The molecule has 1 amide bonds. The Bertz CT molecular complexity index is 357. The van der Waals surface area contributed by atoms with Gasteiger partial charge in [0.05, 0.1) is 6.61 Å². The first-order valence-electron chi connectivity index (χ1n) is 4.61. The van der Waals surface area contributed by atoms with Crippen LogP contribution in [-0.4, -0.2) is 36.9 Å². The SMILES string of the molecule is COCCNC(=O)c1cc(C(C)=O)c[nH]1. The van der Waals surface area contributed by atoms with E-state index >= 15 is 0 Å². The van der Waals surface area contributed by atoms with Crippen molar-refractivity contribution in [3.63, 3.8) is 0 Å². The van der Waals surface area contributed by atoms with Crippen molar-refractivity contribution in [3.05, 3.63) is 23.5 Å². The van der Waals surface area contributed by atoms with Gasteiger partial charge in [-0.15, -0.1) is 0 Å². The zero-order valence-electron chi connectivity index (χ0n) is 8.79. The van der Waals surface area contributed by atoms with Gasteiger partial charge in [-0.1, -0.05) is 0 Å². The summed E-state index contributed by atoms with van der Waals surface area (Å²) < 4.78 is 4.79. The average molecular weight is 210 g/mol. The second kappa shape index (κ2) is 5.31. The third kappa shape index (κ3) is 3.21. The summed E-state index contributed by atoms with van der Waals surface area (Å²) in [6.07, 6.45) is 1.52. The van der Waals surface area contributed by atoms with Gasteiger partial charge in [0.2, 0.25) is 0 Å². The lowest BCUT2D eigenvalue weighted by molar-refractivity contribution is 0.0932. The van der Waals surface area contributed by atoms with Crippen molar-refractivity contribution in [3.8, 4) is 0 Å². The molecule has 0 bridgehead atoms. The molecule has 5 heteroatoms. The number of aromatic amines is 1. The highest BCUT2D eigenvalue weighted by atomic mass is 16.5. The largest absolute Gasteiger partial charge is 0.383 e. The molecule has 0 spiro atoms. The Balaban J connectivity index is 2.54. The number of methoxy groups -OCH3 is 1. The van der Waals surface area contributed by atoms with Crippen LogP contribution in [0.3, 0.4) is 0 Å². The molecule has 0 fully saturated rings. The zero-order valence-corrected chi connectivity index (χ0v) is 8.79. The minimum Gasteiger partial charge on any atom is -0.383 e. The molecule has 0 aliphatic rings. The Morgan fingerprint density at radius 2 is 2.27 bits per heavy atom. The van der Waals surface area contributed by atoms with Gasteiger partial charge in [0.25, 0.3) is 5.91 Å². The number of hydrogen-bond acceptors (Lipinski definition) is 3. The molecule has 0 atom stereocenters. The van der Waals surface area contributed by atoms with Gasteiger partial charge in [0.15, 0.2) is 5.78 Å². The van der Waals surface area contributed by atoms with E-state index in [0.717, 1.165) is 0 Å².